The second-order valence-electron chi connectivity index (χ2n) is 8.14. The van der Waals surface area contributed by atoms with Gasteiger partial charge in [0.1, 0.15) is 0 Å². The van der Waals surface area contributed by atoms with Crippen LogP contribution in [0.3, 0.4) is 0 Å². The molecule has 5 nitrogen and oxygen atoms in total. The molecule has 0 aliphatic rings. The van der Waals surface area contributed by atoms with Crippen LogP contribution < -0.4 is 9.80 Å². The summed E-state index contributed by atoms with van der Waals surface area (Å²) in [7, 11) is -4.32. The molecule has 0 amide bonds. The van der Waals surface area contributed by atoms with Crippen LogP contribution >= 0.6 is 0 Å². The van der Waals surface area contributed by atoms with Crippen LogP contribution in [-0.4, -0.2) is 39.1 Å². The van der Waals surface area contributed by atoms with E-state index in [0.29, 0.717) is 4.90 Å². The summed E-state index contributed by atoms with van der Waals surface area (Å²) in [6.45, 7) is 12.3. The number of anilines is 2. The average Bonchev–Trinajstić information content (AvgIpc) is 2.83. The minimum Gasteiger partial charge on any atom is -0.779 e. The van der Waals surface area contributed by atoms with Crippen molar-refractivity contribution in [1.82, 2.24) is 0 Å². The van der Waals surface area contributed by atoms with Crippen LogP contribution in [0.2, 0.25) is 0 Å². The molecule has 1 radical (unpaired) electrons. The SMILES string of the molecule is CCN(CC)c1ccc(C(c2ccc(N(CC)CC)cc2)c2ccc(S(=O)(=O)O)cc2[S-])cc1.[Os+]. The molecule has 0 bridgehead atoms. The van der Waals surface area contributed by atoms with Crippen molar-refractivity contribution in [2.75, 3.05) is 36.0 Å². The Bertz CT molecular complexity index is 1140. The molecule has 0 spiro atoms. The van der Waals surface area contributed by atoms with Gasteiger partial charge in [0.25, 0.3) is 10.1 Å². The Kier molecular flexibility index (Phi) is 10.7. The molecule has 3 aromatic rings. The summed E-state index contributed by atoms with van der Waals surface area (Å²) in [5, 5.41) is 0. The molecule has 0 fully saturated rings. The third kappa shape index (κ3) is 6.83. The van der Waals surface area contributed by atoms with Gasteiger partial charge in [-0.3, -0.25) is 4.55 Å². The maximum absolute atomic E-state index is 11.6. The number of benzene rings is 3. The third-order valence-electron chi connectivity index (χ3n) is 6.30. The van der Waals surface area contributed by atoms with Gasteiger partial charge in [-0.1, -0.05) is 42.0 Å². The summed E-state index contributed by atoms with van der Waals surface area (Å²) >= 11 is 5.60. The van der Waals surface area contributed by atoms with Gasteiger partial charge in [0, 0.05) is 43.5 Å². The minimum absolute atomic E-state index is 0. The van der Waals surface area contributed by atoms with E-state index in [1.54, 1.807) is 6.07 Å². The van der Waals surface area contributed by atoms with Gasteiger partial charge >= 0.3 is 19.8 Å². The molecule has 3 rings (SSSR count). The van der Waals surface area contributed by atoms with Crippen molar-refractivity contribution in [2.24, 2.45) is 0 Å². The van der Waals surface area contributed by atoms with Crippen molar-refractivity contribution >= 4 is 34.1 Å². The Balaban J connectivity index is 0.00000432. The molecule has 0 aromatic heterocycles. The predicted octanol–water partition coefficient (Wildman–Crippen LogP) is 5.71. The van der Waals surface area contributed by atoms with Crippen LogP contribution in [0.15, 0.2) is 76.5 Å². The number of rotatable bonds is 10. The molecule has 35 heavy (non-hydrogen) atoms. The largest absolute Gasteiger partial charge is 1.00 e. The maximum Gasteiger partial charge on any atom is 1.00 e. The molecule has 0 aliphatic carbocycles. The maximum atomic E-state index is 11.6. The molecular formula is C27H33N2O3OsS2. The van der Waals surface area contributed by atoms with Crippen molar-refractivity contribution in [3.05, 3.63) is 83.4 Å². The molecule has 1 N–H and O–H groups in total. The minimum atomic E-state index is -4.32. The first-order valence-corrected chi connectivity index (χ1v) is 13.6. The van der Waals surface area contributed by atoms with Gasteiger partial charge < -0.3 is 22.4 Å². The topological polar surface area (TPSA) is 60.9 Å². The van der Waals surface area contributed by atoms with Crippen LogP contribution in [-0.2, 0) is 42.5 Å². The van der Waals surface area contributed by atoms with E-state index in [1.807, 2.05) is 0 Å². The Morgan fingerprint density at radius 2 is 1.14 bits per heavy atom. The summed E-state index contributed by atoms with van der Waals surface area (Å²) in [6, 6.07) is 21.4. The monoisotopic (exact) mass is 689 g/mol. The first-order valence-electron chi connectivity index (χ1n) is 11.7. The Labute approximate surface area is 228 Å². The molecule has 189 valence electrons. The van der Waals surface area contributed by atoms with E-state index in [9.17, 15) is 13.0 Å². The van der Waals surface area contributed by atoms with Crippen molar-refractivity contribution < 1.29 is 32.8 Å². The first-order chi connectivity index (χ1) is 16.2. The first kappa shape index (κ1) is 29.3. The van der Waals surface area contributed by atoms with Crippen LogP contribution in [0, 0.1) is 0 Å². The van der Waals surface area contributed by atoms with E-state index in [1.165, 1.54) is 12.1 Å². The smallest absolute Gasteiger partial charge is 0.779 e. The third-order valence-corrected chi connectivity index (χ3v) is 7.51. The van der Waals surface area contributed by atoms with Crippen molar-refractivity contribution in [3.8, 4) is 0 Å². The van der Waals surface area contributed by atoms with Crippen molar-refractivity contribution in [1.29, 1.82) is 0 Å². The zero-order chi connectivity index (χ0) is 24.9. The van der Waals surface area contributed by atoms with Gasteiger partial charge in [-0.15, -0.1) is 0 Å². The van der Waals surface area contributed by atoms with E-state index in [2.05, 4.69) is 86.0 Å². The molecule has 0 unspecified atom stereocenters. The molecule has 3 aromatic carbocycles. The van der Waals surface area contributed by atoms with Crippen LogP contribution in [0.25, 0.3) is 0 Å². The van der Waals surface area contributed by atoms with E-state index in [-0.39, 0.29) is 30.6 Å². The van der Waals surface area contributed by atoms with E-state index >= 15 is 0 Å². The van der Waals surface area contributed by atoms with Gasteiger partial charge in [0.2, 0.25) is 0 Å². The van der Waals surface area contributed by atoms with Crippen molar-refractivity contribution in [3.63, 3.8) is 0 Å². The average molecular weight is 688 g/mol. The standard InChI is InChI=1S/C27H34N2O3S2.Os/c1-5-28(6-2)22-13-9-20(10-14-22)27(21-11-15-23(16-12-21)29(7-3)8-4)25-18-17-24(19-26(25)33)34(30,31)32;/h9-19,27,33H,5-8H2,1-4H3,(H,30,31,32);/q;+1/p-1. The van der Waals surface area contributed by atoms with Gasteiger partial charge in [0.15, 0.2) is 0 Å². The molecule has 8 heteroatoms. The van der Waals surface area contributed by atoms with Crippen molar-refractivity contribution in [2.45, 2.75) is 43.4 Å². The summed E-state index contributed by atoms with van der Waals surface area (Å²) in [5.41, 5.74) is 5.28. The van der Waals surface area contributed by atoms with Crippen LogP contribution in [0.4, 0.5) is 11.4 Å². The molecule has 0 saturated carbocycles. The molecule has 0 saturated heterocycles. The second kappa shape index (κ2) is 12.8. The Morgan fingerprint density at radius 3 is 1.46 bits per heavy atom. The Hall–Kier alpha value is -1.97. The predicted molar refractivity (Wildman–Crippen MR) is 143 cm³/mol. The fourth-order valence-corrected chi connectivity index (χ4v) is 5.29. The zero-order valence-corrected chi connectivity index (χ0v) is 24.8. The van der Waals surface area contributed by atoms with Crippen LogP contribution in [0.1, 0.15) is 50.3 Å². The quantitative estimate of drug-likeness (QED) is 0.168. The number of nitrogens with zero attached hydrogens (tertiary/aromatic N) is 2. The van der Waals surface area contributed by atoms with E-state index in [4.69, 9.17) is 12.6 Å². The fourth-order valence-electron chi connectivity index (χ4n) is 4.40. The molecule has 0 aliphatic heterocycles. The van der Waals surface area contributed by atoms with Gasteiger partial charge in [-0.2, -0.15) is 13.3 Å². The summed E-state index contributed by atoms with van der Waals surface area (Å²) in [6.07, 6.45) is 0. The molecular weight excluding hydrogens is 655 g/mol. The number of hydrogen-bond donors (Lipinski definition) is 1. The Morgan fingerprint density at radius 1 is 0.743 bits per heavy atom. The molecule has 0 heterocycles. The second-order valence-corrected chi connectivity index (χ2v) is 10.00. The fraction of sp³-hybridized carbons (Fsp3) is 0.333. The summed E-state index contributed by atoms with van der Waals surface area (Å²) in [5.74, 6) is -0.167. The zero-order valence-electron chi connectivity index (χ0n) is 20.6. The van der Waals surface area contributed by atoms with E-state index in [0.717, 1.165) is 54.2 Å². The van der Waals surface area contributed by atoms with E-state index < -0.39 is 10.1 Å². The van der Waals surface area contributed by atoms with Gasteiger partial charge in [-0.05, 0) is 69.2 Å². The van der Waals surface area contributed by atoms with Gasteiger partial charge in [-0.25, -0.2) is 0 Å². The number of hydrogen-bond acceptors (Lipinski definition) is 5. The normalized spacial score (nSPS) is 11.3. The summed E-state index contributed by atoms with van der Waals surface area (Å²) < 4.78 is 32.7. The molecule has 0 atom stereocenters. The van der Waals surface area contributed by atoms with Gasteiger partial charge in [0.05, 0.1) is 4.90 Å². The summed E-state index contributed by atoms with van der Waals surface area (Å²) in [4.78, 5) is 4.79. The van der Waals surface area contributed by atoms with Crippen LogP contribution in [0.5, 0.6) is 0 Å².